The largest absolute Gasteiger partial charge is 0.368 e. The Labute approximate surface area is 174 Å². The van der Waals surface area contributed by atoms with Gasteiger partial charge in [0.15, 0.2) is 0 Å². The molecule has 0 atom stereocenters. The molecule has 1 aliphatic carbocycles. The summed E-state index contributed by atoms with van der Waals surface area (Å²) in [5, 5.41) is 0.808. The van der Waals surface area contributed by atoms with Crippen LogP contribution in [0.5, 0.6) is 0 Å². The minimum absolute atomic E-state index is 0.300. The number of hydrogen-bond acceptors (Lipinski definition) is 4. The van der Waals surface area contributed by atoms with Crippen LogP contribution in [0, 0.1) is 0 Å². The molecule has 3 fully saturated rings. The first kappa shape index (κ1) is 20.0. The van der Waals surface area contributed by atoms with E-state index in [1.807, 2.05) is 18.2 Å². The van der Waals surface area contributed by atoms with E-state index in [2.05, 4.69) is 25.7 Å². The predicted molar refractivity (Wildman–Crippen MR) is 115 cm³/mol. The fourth-order valence-corrected chi connectivity index (χ4v) is 5.18. The number of amides is 1. The summed E-state index contributed by atoms with van der Waals surface area (Å²) in [6.07, 6.45) is 6.86. The highest BCUT2D eigenvalue weighted by Crippen LogP contribution is 2.26. The molecule has 0 bridgehead atoms. The molecule has 2 aliphatic heterocycles. The third-order valence-corrected chi connectivity index (χ3v) is 7.00. The van der Waals surface area contributed by atoms with Crippen LogP contribution in [0.15, 0.2) is 24.3 Å². The van der Waals surface area contributed by atoms with Gasteiger partial charge in [0.25, 0.3) is 0 Å². The van der Waals surface area contributed by atoms with Crippen molar-refractivity contribution in [1.29, 1.82) is 0 Å². The Hall–Kier alpha value is -1.30. The second kappa shape index (κ2) is 9.47. The van der Waals surface area contributed by atoms with Gasteiger partial charge < -0.3 is 9.80 Å². The topological polar surface area (TPSA) is 30.0 Å². The molecule has 1 aromatic rings. The molecule has 28 heavy (non-hydrogen) atoms. The Morgan fingerprint density at radius 3 is 2.25 bits per heavy atom. The maximum atomic E-state index is 12.8. The average molecular weight is 405 g/mol. The lowest BCUT2D eigenvalue weighted by atomic mass is 9.94. The highest BCUT2D eigenvalue weighted by molar-refractivity contribution is 6.33. The normalized spacial score (nSPS) is 23.2. The third-order valence-electron chi connectivity index (χ3n) is 6.68. The highest BCUT2D eigenvalue weighted by atomic mass is 35.5. The van der Waals surface area contributed by atoms with E-state index < -0.39 is 0 Å². The van der Waals surface area contributed by atoms with Gasteiger partial charge in [0, 0.05) is 58.4 Å². The molecule has 0 radical (unpaired) electrons. The van der Waals surface area contributed by atoms with Gasteiger partial charge >= 0.3 is 0 Å². The van der Waals surface area contributed by atoms with Crippen LogP contribution in [0.25, 0.3) is 0 Å². The van der Waals surface area contributed by atoms with Gasteiger partial charge in [-0.1, -0.05) is 43.0 Å². The van der Waals surface area contributed by atoms with Crippen LogP contribution in [-0.4, -0.2) is 85.6 Å². The number of hydrogen-bond donors (Lipinski definition) is 0. The molecule has 154 valence electrons. The molecule has 5 nitrogen and oxygen atoms in total. The van der Waals surface area contributed by atoms with Crippen LogP contribution in [-0.2, 0) is 4.79 Å². The van der Waals surface area contributed by atoms with E-state index in [0.29, 0.717) is 12.5 Å². The zero-order valence-electron chi connectivity index (χ0n) is 16.9. The highest BCUT2D eigenvalue weighted by Gasteiger charge is 2.28. The van der Waals surface area contributed by atoms with E-state index in [1.165, 1.54) is 32.1 Å². The van der Waals surface area contributed by atoms with Gasteiger partial charge in [0.2, 0.25) is 5.91 Å². The van der Waals surface area contributed by atoms with Crippen molar-refractivity contribution in [2.75, 3.05) is 63.8 Å². The maximum Gasteiger partial charge on any atom is 0.236 e. The monoisotopic (exact) mass is 404 g/mol. The van der Waals surface area contributed by atoms with Gasteiger partial charge in [-0.2, -0.15) is 0 Å². The minimum atomic E-state index is 0.300. The van der Waals surface area contributed by atoms with E-state index in [0.717, 1.165) is 69.1 Å². The van der Waals surface area contributed by atoms with Gasteiger partial charge in [0.05, 0.1) is 17.3 Å². The lowest BCUT2D eigenvalue weighted by Gasteiger charge is -2.41. The smallest absolute Gasteiger partial charge is 0.236 e. The van der Waals surface area contributed by atoms with Gasteiger partial charge in [-0.25, -0.2) is 0 Å². The molecule has 1 aromatic carbocycles. The third kappa shape index (κ3) is 4.81. The van der Waals surface area contributed by atoms with Crippen LogP contribution in [0.1, 0.15) is 32.1 Å². The summed E-state index contributed by atoms with van der Waals surface area (Å²) in [5.41, 5.74) is 1.11. The van der Waals surface area contributed by atoms with Crippen molar-refractivity contribution in [3.63, 3.8) is 0 Å². The van der Waals surface area contributed by atoms with Gasteiger partial charge in [-0.05, 0) is 25.0 Å². The number of anilines is 1. The van der Waals surface area contributed by atoms with Crippen LogP contribution >= 0.6 is 11.6 Å². The number of carbonyl (C=O) groups excluding carboxylic acids is 1. The molecule has 2 heterocycles. The van der Waals surface area contributed by atoms with E-state index >= 15 is 0 Å². The first-order chi connectivity index (χ1) is 13.7. The number of rotatable bonds is 4. The number of piperazine rings is 2. The van der Waals surface area contributed by atoms with Crippen molar-refractivity contribution in [3.8, 4) is 0 Å². The van der Waals surface area contributed by atoms with Crippen molar-refractivity contribution in [2.24, 2.45) is 0 Å². The van der Waals surface area contributed by atoms with Crippen LogP contribution < -0.4 is 4.90 Å². The number of halogens is 1. The molecule has 6 heteroatoms. The predicted octanol–water partition coefficient (Wildman–Crippen LogP) is 2.94. The van der Waals surface area contributed by atoms with Crippen LogP contribution in [0.4, 0.5) is 5.69 Å². The summed E-state index contributed by atoms with van der Waals surface area (Å²) < 4.78 is 0. The van der Waals surface area contributed by atoms with Crippen molar-refractivity contribution >= 4 is 23.2 Å². The summed E-state index contributed by atoms with van der Waals surface area (Å²) in [4.78, 5) is 22.1. The molecule has 0 spiro atoms. The Morgan fingerprint density at radius 1 is 0.893 bits per heavy atom. The fraction of sp³-hybridized carbons (Fsp3) is 0.682. The molecule has 4 rings (SSSR count). The zero-order chi connectivity index (χ0) is 19.3. The molecular formula is C22H33ClN4O. The van der Waals surface area contributed by atoms with Crippen LogP contribution in [0.2, 0.25) is 5.02 Å². The van der Waals surface area contributed by atoms with Crippen LogP contribution in [0.3, 0.4) is 0 Å². The summed E-state index contributed by atoms with van der Waals surface area (Å²) >= 11 is 6.33. The quantitative estimate of drug-likeness (QED) is 0.771. The fourth-order valence-electron chi connectivity index (χ4n) is 4.93. The Bertz CT molecular complexity index is 648. The molecular weight excluding hydrogens is 372 g/mol. The SMILES string of the molecule is O=C(CN1CCN(c2ccccc2Cl)CC1)N1CCN(C2CCCCC2)CC1. The summed E-state index contributed by atoms with van der Waals surface area (Å²) in [6.45, 7) is 8.13. The van der Waals surface area contributed by atoms with E-state index in [9.17, 15) is 4.79 Å². The maximum absolute atomic E-state index is 12.8. The zero-order valence-corrected chi connectivity index (χ0v) is 17.6. The average Bonchev–Trinajstić information content (AvgIpc) is 2.75. The lowest BCUT2D eigenvalue weighted by molar-refractivity contribution is -0.134. The Morgan fingerprint density at radius 2 is 1.57 bits per heavy atom. The van der Waals surface area contributed by atoms with E-state index in [1.54, 1.807) is 0 Å². The lowest BCUT2D eigenvalue weighted by Crippen LogP contribution is -2.55. The Kier molecular flexibility index (Phi) is 6.76. The van der Waals surface area contributed by atoms with Gasteiger partial charge in [0.1, 0.15) is 0 Å². The molecule has 1 amide bonds. The minimum Gasteiger partial charge on any atom is -0.368 e. The van der Waals surface area contributed by atoms with Crippen molar-refractivity contribution in [3.05, 3.63) is 29.3 Å². The molecule has 1 saturated carbocycles. The van der Waals surface area contributed by atoms with Gasteiger partial charge in [-0.15, -0.1) is 0 Å². The summed E-state index contributed by atoms with van der Waals surface area (Å²) in [7, 11) is 0. The Balaban J connectivity index is 1.20. The van der Waals surface area contributed by atoms with Crippen molar-refractivity contribution in [1.82, 2.24) is 14.7 Å². The van der Waals surface area contributed by atoms with Gasteiger partial charge in [-0.3, -0.25) is 14.6 Å². The molecule has 0 N–H and O–H groups in total. The number of carbonyl (C=O) groups is 1. The number of benzene rings is 1. The standard InChI is InChI=1S/C22H33ClN4O/c23-20-8-4-5-9-21(20)26-12-10-24(11-13-26)18-22(28)27-16-14-25(15-17-27)19-6-2-1-3-7-19/h4-5,8-9,19H,1-3,6-7,10-18H2. The number of para-hydroxylation sites is 1. The first-order valence-corrected chi connectivity index (χ1v) is 11.3. The molecule has 3 aliphatic rings. The summed E-state index contributed by atoms with van der Waals surface area (Å²) in [5.74, 6) is 0.300. The van der Waals surface area contributed by atoms with Crippen molar-refractivity contribution in [2.45, 2.75) is 38.1 Å². The molecule has 0 aromatic heterocycles. The molecule has 2 saturated heterocycles. The number of nitrogens with zero attached hydrogens (tertiary/aromatic N) is 4. The second-order valence-corrected chi connectivity index (χ2v) is 8.83. The van der Waals surface area contributed by atoms with E-state index in [-0.39, 0.29) is 0 Å². The first-order valence-electron chi connectivity index (χ1n) is 10.9. The second-order valence-electron chi connectivity index (χ2n) is 8.42. The molecule has 0 unspecified atom stereocenters. The van der Waals surface area contributed by atoms with E-state index in [4.69, 9.17) is 11.6 Å². The van der Waals surface area contributed by atoms with Crippen molar-refractivity contribution < 1.29 is 4.79 Å². The summed E-state index contributed by atoms with van der Waals surface area (Å²) in [6, 6.07) is 8.79.